The van der Waals surface area contributed by atoms with Gasteiger partial charge in [-0.1, -0.05) is 12.1 Å². The van der Waals surface area contributed by atoms with Crippen molar-refractivity contribution in [2.75, 3.05) is 44.2 Å². The number of fused-ring (bicyclic) bond motifs is 1. The second-order valence-electron chi connectivity index (χ2n) is 8.22. The highest BCUT2D eigenvalue weighted by atomic mass is 32.1. The first-order chi connectivity index (χ1) is 16.2. The van der Waals surface area contributed by atoms with E-state index >= 15 is 0 Å². The molecule has 0 saturated carbocycles. The van der Waals surface area contributed by atoms with Crippen molar-refractivity contribution < 1.29 is 26.7 Å². The lowest BCUT2D eigenvalue weighted by molar-refractivity contribution is -0.137. The van der Waals surface area contributed by atoms with E-state index in [0.717, 1.165) is 68.4 Å². The van der Waals surface area contributed by atoms with E-state index in [1.807, 2.05) is 5.38 Å². The van der Waals surface area contributed by atoms with Crippen LogP contribution in [0.2, 0.25) is 0 Å². The Hall–Kier alpha value is -2.72. The number of alkyl halides is 3. The van der Waals surface area contributed by atoms with Gasteiger partial charge in [-0.15, -0.1) is 11.3 Å². The number of anilines is 1. The Bertz CT molecular complexity index is 1130. The number of hydrogen-bond acceptors (Lipinski definition) is 4. The number of nitrogens with one attached hydrogen (secondary N) is 1. The number of nitrogens with zero attached hydrogens (tertiary/aromatic N) is 2. The van der Waals surface area contributed by atoms with Crippen LogP contribution in [0.1, 0.15) is 28.8 Å². The number of benzene rings is 2. The molecule has 0 atom stereocenters. The monoisotopic (exact) mass is 497 g/mol. The molecule has 0 aliphatic carbocycles. The molecule has 0 radical (unpaired) electrons. The third-order valence-corrected chi connectivity index (χ3v) is 6.90. The number of rotatable bonds is 7. The maximum Gasteiger partial charge on any atom is 0.416 e. The van der Waals surface area contributed by atoms with Gasteiger partial charge >= 0.3 is 6.18 Å². The van der Waals surface area contributed by atoms with Crippen LogP contribution in [-0.2, 0) is 6.18 Å². The SMILES string of the molecule is O=C(NCCCCN1CCN(c2csc3cc(C(F)(F)F)ccc23)CC1)c1c(F)cccc1F. The van der Waals surface area contributed by atoms with Gasteiger partial charge in [-0.2, -0.15) is 13.2 Å². The molecule has 182 valence electrons. The van der Waals surface area contributed by atoms with Gasteiger partial charge in [-0.25, -0.2) is 8.78 Å². The van der Waals surface area contributed by atoms with Crippen molar-refractivity contribution in [2.45, 2.75) is 19.0 Å². The van der Waals surface area contributed by atoms with Crippen molar-refractivity contribution in [3.05, 3.63) is 64.5 Å². The van der Waals surface area contributed by atoms with Crippen molar-refractivity contribution in [3.8, 4) is 0 Å². The molecule has 34 heavy (non-hydrogen) atoms. The second kappa shape index (κ2) is 10.3. The summed E-state index contributed by atoms with van der Waals surface area (Å²) in [6.45, 7) is 4.35. The van der Waals surface area contributed by atoms with E-state index in [-0.39, 0.29) is 0 Å². The number of unbranched alkanes of at least 4 members (excludes halogenated alkanes) is 1. The van der Waals surface area contributed by atoms with E-state index < -0.39 is 34.8 Å². The number of carbonyl (C=O) groups is 1. The average molecular weight is 498 g/mol. The quantitative estimate of drug-likeness (QED) is 0.344. The highest BCUT2D eigenvalue weighted by molar-refractivity contribution is 7.17. The van der Waals surface area contributed by atoms with Crippen molar-refractivity contribution in [1.82, 2.24) is 10.2 Å². The minimum absolute atomic E-state index is 0.327. The Labute approximate surface area is 198 Å². The number of hydrogen-bond donors (Lipinski definition) is 1. The number of halogens is 5. The zero-order chi connectivity index (χ0) is 24.3. The molecule has 1 saturated heterocycles. The molecular formula is C24H24F5N3OS. The fourth-order valence-corrected chi connectivity index (χ4v) is 5.12. The topological polar surface area (TPSA) is 35.6 Å². The summed E-state index contributed by atoms with van der Waals surface area (Å²) < 4.78 is 66.8. The molecule has 1 amide bonds. The summed E-state index contributed by atoms with van der Waals surface area (Å²) in [5.74, 6) is -2.52. The van der Waals surface area contributed by atoms with Crippen molar-refractivity contribution >= 4 is 33.0 Å². The van der Waals surface area contributed by atoms with Crippen LogP contribution in [-0.4, -0.2) is 50.1 Å². The minimum atomic E-state index is -4.35. The molecule has 2 aromatic carbocycles. The fraction of sp³-hybridized carbons (Fsp3) is 0.375. The van der Waals surface area contributed by atoms with E-state index in [9.17, 15) is 26.7 Å². The predicted molar refractivity (Wildman–Crippen MR) is 123 cm³/mol. The zero-order valence-electron chi connectivity index (χ0n) is 18.3. The molecule has 3 aromatic rings. The lowest BCUT2D eigenvalue weighted by Gasteiger charge is -2.36. The molecule has 0 unspecified atom stereocenters. The van der Waals surface area contributed by atoms with Crippen LogP contribution in [0.25, 0.3) is 10.1 Å². The molecule has 4 rings (SSSR count). The Balaban J connectivity index is 1.21. The van der Waals surface area contributed by atoms with Crippen molar-refractivity contribution in [2.24, 2.45) is 0 Å². The Kier molecular flexibility index (Phi) is 7.37. The molecule has 10 heteroatoms. The summed E-state index contributed by atoms with van der Waals surface area (Å²) in [5, 5.41) is 5.32. The lowest BCUT2D eigenvalue weighted by atomic mass is 10.1. The third-order valence-electron chi connectivity index (χ3n) is 5.97. The molecule has 2 heterocycles. The number of piperazine rings is 1. The Morgan fingerprint density at radius 3 is 2.38 bits per heavy atom. The van der Waals surface area contributed by atoms with Gasteiger partial charge < -0.3 is 10.2 Å². The Morgan fingerprint density at radius 1 is 1.00 bits per heavy atom. The highest BCUT2D eigenvalue weighted by Crippen LogP contribution is 2.38. The normalized spacial score (nSPS) is 15.1. The largest absolute Gasteiger partial charge is 0.416 e. The summed E-state index contributed by atoms with van der Waals surface area (Å²) in [6, 6.07) is 7.21. The van der Waals surface area contributed by atoms with Gasteiger partial charge in [-0.05, 0) is 43.7 Å². The van der Waals surface area contributed by atoms with Crippen LogP contribution in [0.4, 0.5) is 27.6 Å². The van der Waals surface area contributed by atoms with E-state index in [4.69, 9.17) is 0 Å². The van der Waals surface area contributed by atoms with Gasteiger partial charge in [0.1, 0.15) is 17.2 Å². The zero-order valence-corrected chi connectivity index (χ0v) is 19.1. The van der Waals surface area contributed by atoms with Crippen LogP contribution in [0, 0.1) is 11.6 Å². The van der Waals surface area contributed by atoms with Gasteiger partial charge in [0.25, 0.3) is 5.91 Å². The summed E-state index contributed by atoms with van der Waals surface area (Å²) in [6.07, 6.45) is -2.85. The van der Waals surface area contributed by atoms with Crippen molar-refractivity contribution in [1.29, 1.82) is 0 Å². The summed E-state index contributed by atoms with van der Waals surface area (Å²) in [4.78, 5) is 16.5. The average Bonchev–Trinajstić information content (AvgIpc) is 3.22. The van der Waals surface area contributed by atoms with Gasteiger partial charge in [0.05, 0.1) is 11.3 Å². The standard InChI is InChI=1S/C24H24F5N3OS/c25-18-4-3-5-19(26)22(18)23(33)30-8-1-2-9-31-10-12-32(13-11-31)20-15-34-21-14-16(24(27,28)29)6-7-17(20)21/h3-7,14-15H,1-2,8-13H2,(H,30,33). The molecule has 1 aliphatic heterocycles. The number of carbonyl (C=O) groups excluding carboxylic acids is 1. The van der Waals surface area contributed by atoms with E-state index in [1.165, 1.54) is 23.5 Å². The van der Waals surface area contributed by atoms with Crippen LogP contribution in [0.5, 0.6) is 0 Å². The fourth-order valence-electron chi connectivity index (χ4n) is 4.11. The van der Waals surface area contributed by atoms with E-state index in [1.54, 1.807) is 6.07 Å². The summed E-state index contributed by atoms with van der Waals surface area (Å²) in [7, 11) is 0. The maximum absolute atomic E-state index is 13.6. The molecule has 0 spiro atoms. The second-order valence-corrected chi connectivity index (χ2v) is 9.13. The predicted octanol–water partition coefficient (Wildman–Crippen LogP) is 5.53. The van der Waals surface area contributed by atoms with Crippen LogP contribution in [0.3, 0.4) is 0 Å². The first-order valence-corrected chi connectivity index (χ1v) is 11.9. The van der Waals surface area contributed by atoms with Crippen LogP contribution < -0.4 is 10.2 Å². The number of amides is 1. The van der Waals surface area contributed by atoms with Crippen molar-refractivity contribution in [3.63, 3.8) is 0 Å². The molecule has 1 N–H and O–H groups in total. The van der Waals surface area contributed by atoms with Crippen LogP contribution >= 0.6 is 11.3 Å². The van der Waals surface area contributed by atoms with Gasteiger partial charge in [0, 0.05) is 48.2 Å². The molecule has 1 aromatic heterocycles. The summed E-state index contributed by atoms with van der Waals surface area (Å²) >= 11 is 1.32. The molecular weight excluding hydrogens is 473 g/mol. The maximum atomic E-state index is 13.6. The number of thiophene rings is 1. The summed E-state index contributed by atoms with van der Waals surface area (Å²) in [5.41, 5.74) is -0.223. The van der Waals surface area contributed by atoms with E-state index in [0.29, 0.717) is 17.7 Å². The van der Waals surface area contributed by atoms with Gasteiger partial charge in [-0.3, -0.25) is 9.69 Å². The van der Waals surface area contributed by atoms with Crippen LogP contribution in [0.15, 0.2) is 41.8 Å². The van der Waals surface area contributed by atoms with Gasteiger partial charge in [0.15, 0.2) is 0 Å². The minimum Gasteiger partial charge on any atom is -0.368 e. The lowest BCUT2D eigenvalue weighted by Crippen LogP contribution is -2.46. The smallest absolute Gasteiger partial charge is 0.368 e. The molecule has 4 nitrogen and oxygen atoms in total. The third kappa shape index (κ3) is 5.50. The first kappa shape index (κ1) is 24.4. The van der Waals surface area contributed by atoms with E-state index in [2.05, 4.69) is 15.1 Å². The highest BCUT2D eigenvalue weighted by Gasteiger charge is 2.31. The van der Waals surface area contributed by atoms with Gasteiger partial charge in [0.2, 0.25) is 0 Å². The molecule has 1 fully saturated rings. The molecule has 0 bridgehead atoms. The Morgan fingerprint density at radius 2 is 1.71 bits per heavy atom. The molecule has 1 aliphatic rings. The first-order valence-electron chi connectivity index (χ1n) is 11.0.